The van der Waals surface area contributed by atoms with Gasteiger partial charge in [0.1, 0.15) is 0 Å². The molecule has 0 saturated heterocycles. The minimum Gasteiger partial charge on any atom is -0.462 e. The molecule has 7 nitrogen and oxygen atoms in total. The lowest BCUT2D eigenvalue weighted by molar-refractivity contribution is -0.118. The summed E-state index contributed by atoms with van der Waals surface area (Å²) in [5.74, 6) is -0.404. The molecule has 0 spiro atoms. The molecule has 0 bridgehead atoms. The molecular weight excluding hydrogens is 404 g/mol. The SMILES string of the molecule is CCCCOC(=O)c1ccc(NS(=O)(=O)c2ccc3c(c2)CCN3C(=O)CC)cc1. The van der Waals surface area contributed by atoms with Crippen molar-refractivity contribution < 1.29 is 22.7 Å². The van der Waals surface area contributed by atoms with Gasteiger partial charge in [-0.25, -0.2) is 13.2 Å². The highest BCUT2D eigenvalue weighted by Crippen LogP contribution is 2.31. The smallest absolute Gasteiger partial charge is 0.338 e. The highest BCUT2D eigenvalue weighted by atomic mass is 32.2. The molecule has 2 aromatic rings. The van der Waals surface area contributed by atoms with Crippen molar-refractivity contribution in [3.05, 3.63) is 53.6 Å². The molecule has 1 N–H and O–H groups in total. The van der Waals surface area contributed by atoms with Crippen LogP contribution in [-0.4, -0.2) is 33.4 Å². The molecule has 0 saturated carbocycles. The number of nitrogens with one attached hydrogen (secondary N) is 1. The van der Waals surface area contributed by atoms with E-state index in [2.05, 4.69) is 4.72 Å². The molecule has 0 fully saturated rings. The zero-order valence-corrected chi connectivity index (χ0v) is 18.0. The third kappa shape index (κ3) is 4.81. The average molecular weight is 431 g/mol. The van der Waals surface area contributed by atoms with Crippen LogP contribution < -0.4 is 9.62 Å². The summed E-state index contributed by atoms with van der Waals surface area (Å²) in [5, 5.41) is 0. The number of hydrogen-bond acceptors (Lipinski definition) is 5. The van der Waals surface area contributed by atoms with E-state index in [0.29, 0.717) is 37.2 Å². The van der Waals surface area contributed by atoms with Crippen LogP contribution in [0.1, 0.15) is 49.0 Å². The van der Waals surface area contributed by atoms with Crippen molar-refractivity contribution in [3.63, 3.8) is 0 Å². The number of unbranched alkanes of at least 4 members (excludes halogenated alkanes) is 1. The molecule has 1 aliphatic heterocycles. The lowest BCUT2D eigenvalue weighted by Gasteiger charge is -2.16. The Kier molecular flexibility index (Phi) is 6.77. The Morgan fingerprint density at radius 3 is 2.50 bits per heavy atom. The van der Waals surface area contributed by atoms with E-state index in [1.165, 1.54) is 30.3 Å². The van der Waals surface area contributed by atoms with Crippen LogP contribution in [0.3, 0.4) is 0 Å². The van der Waals surface area contributed by atoms with Gasteiger partial charge in [-0.15, -0.1) is 0 Å². The minimum atomic E-state index is -3.80. The topological polar surface area (TPSA) is 92.8 Å². The standard InChI is InChI=1S/C22H26N2O5S/c1-3-5-14-29-22(26)16-6-8-18(9-7-16)23-30(27,28)19-10-11-20-17(15-19)12-13-24(20)21(25)4-2/h6-11,15,23H,3-5,12-14H2,1-2H3. The predicted octanol–water partition coefficient (Wildman–Crippen LogP) is 3.74. The summed E-state index contributed by atoms with van der Waals surface area (Å²) in [6.07, 6.45) is 2.76. The first-order chi connectivity index (χ1) is 14.4. The molecule has 1 heterocycles. The van der Waals surface area contributed by atoms with E-state index in [4.69, 9.17) is 4.74 Å². The third-order valence-corrected chi connectivity index (χ3v) is 6.34. The van der Waals surface area contributed by atoms with Crippen molar-refractivity contribution >= 4 is 33.3 Å². The van der Waals surface area contributed by atoms with Gasteiger partial charge in [-0.2, -0.15) is 0 Å². The van der Waals surface area contributed by atoms with Gasteiger partial charge >= 0.3 is 5.97 Å². The number of benzene rings is 2. The molecule has 3 rings (SSSR count). The Balaban J connectivity index is 1.71. The van der Waals surface area contributed by atoms with E-state index in [1.807, 2.05) is 6.92 Å². The van der Waals surface area contributed by atoms with Crippen LogP contribution in [0, 0.1) is 0 Å². The van der Waals surface area contributed by atoms with E-state index >= 15 is 0 Å². The highest BCUT2D eigenvalue weighted by molar-refractivity contribution is 7.92. The second-order valence-electron chi connectivity index (χ2n) is 7.11. The number of anilines is 2. The van der Waals surface area contributed by atoms with E-state index in [9.17, 15) is 18.0 Å². The van der Waals surface area contributed by atoms with Crippen LogP contribution in [0.25, 0.3) is 0 Å². The number of rotatable bonds is 8. The largest absolute Gasteiger partial charge is 0.462 e. The first-order valence-electron chi connectivity index (χ1n) is 10.1. The average Bonchev–Trinajstić information content (AvgIpc) is 3.17. The van der Waals surface area contributed by atoms with Crippen molar-refractivity contribution in [1.82, 2.24) is 0 Å². The Morgan fingerprint density at radius 1 is 1.10 bits per heavy atom. The number of carbonyl (C=O) groups is 2. The van der Waals surface area contributed by atoms with Crippen molar-refractivity contribution in [2.45, 2.75) is 44.4 Å². The molecular formula is C22H26N2O5S. The normalized spacial score (nSPS) is 13.1. The minimum absolute atomic E-state index is 0.0239. The van der Waals surface area contributed by atoms with Gasteiger partial charge in [0.15, 0.2) is 0 Å². The number of amides is 1. The zero-order chi connectivity index (χ0) is 21.7. The first kappa shape index (κ1) is 21.8. The molecule has 160 valence electrons. The van der Waals surface area contributed by atoms with Crippen LogP contribution in [-0.2, 0) is 26.0 Å². The van der Waals surface area contributed by atoms with E-state index in [0.717, 1.165) is 24.1 Å². The van der Waals surface area contributed by atoms with Gasteiger partial charge in [-0.3, -0.25) is 9.52 Å². The van der Waals surface area contributed by atoms with Gasteiger partial charge in [0, 0.05) is 24.3 Å². The summed E-state index contributed by atoms with van der Waals surface area (Å²) in [6, 6.07) is 10.9. The van der Waals surface area contributed by atoms with E-state index in [-0.39, 0.29) is 10.8 Å². The predicted molar refractivity (Wildman–Crippen MR) is 115 cm³/mol. The van der Waals surface area contributed by atoms with Gasteiger partial charge in [-0.05, 0) is 60.9 Å². The molecule has 30 heavy (non-hydrogen) atoms. The molecule has 0 unspecified atom stereocenters. The molecule has 0 atom stereocenters. The van der Waals surface area contributed by atoms with Crippen molar-refractivity contribution in [3.8, 4) is 0 Å². The van der Waals surface area contributed by atoms with Crippen molar-refractivity contribution in [2.75, 3.05) is 22.8 Å². The quantitative estimate of drug-likeness (QED) is 0.509. The third-order valence-electron chi connectivity index (χ3n) is 4.96. The number of nitrogens with zero attached hydrogens (tertiary/aromatic N) is 1. The number of sulfonamides is 1. The molecule has 2 aromatic carbocycles. The monoisotopic (exact) mass is 430 g/mol. The molecule has 0 radical (unpaired) electrons. The van der Waals surface area contributed by atoms with Crippen LogP contribution in [0.2, 0.25) is 0 Å². The number of hydrogen-bond donors (Lipinski definition) is 1. The summed E-state index contributed by atoms with van der Waals surface area (Å²) >= 11 is 0. The number of esters is 1. The summed E-state index contributed by atoms with van der Waals surface area (Å²) < 4.78 is 33.2. The fourth-order valence-corrected chi connectivity index (χ4v) is 4.39. The number of fused-ring (bicyclic) bond motifs is 1. The maximum Gasteiger partial charge on any atom is 0.338 e. The summed E-state index contributed by atoms with van der Waals surface area (Å²) in [7, 11) is -3.80. The number of carbonyl (C=O) groups excluding carboxylic acids is 2. The van der Waals surface area contributed by atoms with Gasteiger partial charge in [0.05, 0.1) is 17.1 Å². The van der Waals surface area contributed by atoms with Crippen molar-refractivity contribution in [2.24, 2.45) is 0 Å². The Bertz CT molecular complexity index is 1030. The van der Waals surface area contributed by atoms with E-state index in [1.54, 1.807) is 24.0 Å². The first-order valence-corrected chi connectivity index (χ1v) is 11.6. The Hall–Kier alpha value is -2.87. The van der Waals surface area contributed by atoms with Crippen LogP contribution in [0.4, 0.5) is 11.4 Å². The lowest BCUT2D eigenvalue weighted by Crippen LogP contribution is -2.27. The lowest BCUT2D eigenvalue weighted by atomic mass is 10.2. The molecule has 1 amide bonds. The zero-order valence-electron chi connectivity index (χ0n) is 17.2. The molecule has 0 aromatic heterocycles. The van der Waals surface area contributed by atoms with Gasteiger partial charge < -0.3 is 9.64 Å². The highest BCUT2D eigenvalue weighted by Gasteiger charge is 2.25. The van der Waals surface area contributed by atoms with E-state index < -0.39 is 16.0 Å². The van der Waals surface area contributed by atoms with Crippen LogP contribution >= 0.6 is 0 Å². The fraction of sp³-hybridized carbons (Fsp3) is 0.364. The Morgan fingerprint density at radius 2 is 1.83 bits per heavy atom. The van der Waals surface area contributed by atoms with Gasteiger partial charge in [0.2, 0.25) is 5.91 Å². The maximum absolute atomic E-state index is 12.8. The Labute approximate surface area is 177 Å². The molecule has 1 aliphatic rings. The van der Waals surface area contributed by atoms with Crippen LogP contribution in [0.15, 0.2) is 47.4 Å². The van der Waals surface area contributed by atoms with Crippen molar-refractivity contribution in [1.29, 1.82) is 0 Å². The summed E-state index contributed by atoms with van der Waals surface area (Å²) in [6.45, 7) is 4.74. The second-order valence-corrected chi connectivity index (χ2v) is 8.79. The second kappa shape index (κ2) is 9.30. The molecule has 8 heteroatoms. The van der Waals surface area contributed by atoms with Gasteiger partial charge in [-0.1, -0.05) is 20.3 Å². The number of ether oxygens (including phenoxy) is 1. The maximum atomic E-state index is 12.8. The fourth-order valence-electron chi connectivity index (χ4n) is 3.28. The van der Waals surface area contributed by atoms with Gasteiger partial charge in [0.25, 0.3) is 10.0 Å². The summed E-state index contributed by atoms with van der Waals surface area (Å²) in [4.78, 5) is 25.8. The van der Waals surface area contributed by atoms with Crippen LogP contribution in [0.5, 0.6) is 0 Å². The molecule has 0 aliphatic carbocycles. The summed E-state index contributed by atoms with van der Waals surface area (Å²) in [5.41, 5.74) is 2.33.